The Balaban J connectivity index is 1.58. The second kappa shape index (κ2) is 10.6. The Kier molecular flexibility index (Phi) is 7.59. The van der Waals surface area contributed by atoms with E-state index in [0.29, 0.717) is 36.9 Å². The number of amides is 3. The van der Waals surface area contributed by atoms with Gasteiger partial charge in [0.1, 0.15) is 0 Å². The van der Waals surface area contributed by atoms with Crippen LogP contribution in [0.1, 0.15) is 18.4 Å². The molecule has 1 saturated heterocycles. The van der Waals surface area contributed by atoms with Crippen LogP contribution in [-0.4, -0.2) is 51.3 Å². The van der Waals surface area contributed by atoms with E-state index in [-0.39, 0.29) is 17.9 Å². The zero-order valence-electron chi connectivity index (χ0n) is 18.1. The van der Waals surface area contributed by atoms with Crippen molar-refractivity contribution in [3.63, 3.8) is 0 Å². The van der Waals surface area contributed by atoms with Crippen LogP contribution in [0, 0.1) is 5.92 Å². The number of urea groups is 1. The Morgan fingerprint density at radius 3 is 2.32 bits per heavy atom. The molecule has 1 heterocycles. The highest BCUT2D eigenvalue weighted by Crippen LogP contribution is 2.38. The predicted octanol–water partition coefficient (Wildman–Crippen LogP) is 3.27. The van der Waals surface area contributed by atoms with Crippen LogP contribution in [0.4, 0.5) is 10.5 Å². The molecule has 0 bridgehead atoms. The minimum Gasteiger partial charge on any atom is -0.493 e. The lowest BCUT2D eigenvalue weighted by atomic mass is 9.97. The molecule has 0 unspecified atom stereocenters. The molecule has 1 aliphatic heterocycles. The van der Waals surface area contributed by atoms with Crippen molar-refractivity contribution in [3.05, 3.63) is 48.0 Å². The second-order valence-electron chi connectivity index (χ2n) is 7.33. The van der Waals surface area contributed by atoms with E-state index < -0.39 is 0 Å². The molecule has 31 heavy (non-hydrogen) atoms. The smallest absolute Gasteiger partial charge is 0.321 e. The minimum absolute atomic E-state index is 0.0778. The molecule has 166 valence electrons. The molecule has 8 heteroatoms. The molecule has 1 aliphatic rings. The first kappa shape index (κ1) is 22.3. The van der Waals surface area contributed by atoms with Gasteiger partial charge in [0, 0.05) is 25.3 Å². The van der Waals surface area contributed by atoms with Gasteiger partial charge in [0.25, 0.3) is 0 Å². The van der Waals surface area contributed by atoms with Crippen molar-refractivity contribution in [2.45, 2.75) is 19.4 Å². The van der Waals surface area contributed by atoms with Gasteiger partial charge in [-0.2, -0.15) is 0 Å². The summed E-state index contributed by atoms with van der Waals surface area (Å²) >= 11 is 0. The second-order valence-corrected chi connectivity index (χ2v) is 7.33. The van der Waals surface area contributed by atoms with E-state index in [2.05, 4.69) is 10.6 Å². The van der Waals surface area contributed by atoms with E-state index in [9.17, 15) is 9.59 Å². The number of carbonyl (C=O) groups excluding carboxylic acids is 2. The van der Waals surface area contributed by atoms with Gasteiger partial charge in [0.05, 0.1) is 27.2 Å². The number of piperidine rings is 1. The molecular formula is C23H29N3O5. The normalized spacial score (nSPS) is 15.7. The van der Waals surface area contributed by atoms with Gasteiger partial charge in [-0.05, 0) is 42.7 Å². The number of likely N-dealkylation sites (tertiary alicyclic amines) is 1. The van der Waals surface area contributed by atoms with Crippen molar-refractivity contribution in [2.75, 3.05) is 39.7 Å². The van der Waals surface area contributed by atoms with E-state index in [0.717, 1.165) is 24.1 Å². The number of hydrogen-bond donors (Lipinski definition) is 2. The van der Waals surface area contributed by atoms with Gasteiger partial charge in [-0.3, -0.25) is 4.79 Å². The molecule has 2 aromatic carbocycles. The zero-order valence-corrected chi connectivity index (χ0v) is 18.1. The summed E-state index contributed by atoms with van der Waals surface area (Å²) in [5, 5.41) is 5.85. The number of para-hydroxylation sites is 1. The molecule has 0 saturated carbocycles. The third-order valence-corrected chi connectivity index (χ3v) is 5.30. The SMILES string of the molecule is COc1cc(CNC(=O)[C@@H]2CCCN(C(=O)Nc3ccccc3)C2)cc(OC)c1OC. The molecule has 0 aromatic heterocycles. The summed E-state index contributed by atoms with van der Waals surface area (Å²) in [5.74, 6) is 1.25. The van der Waals surface area contributed by atoms with Gasteiger partial charge in [-0.25, -0.2) is 4.79 Å². The number of hydrogen-bond acceptors (Lipinski definition) is 5. The molecule has 0 radical (unpaired) electrons. The van der Waals surface area contributed by atoms with Gasteiger partial charge >= 0.3 is 6.03 Å². The standard InChI is InChI=1S/C23H29N3O5/c1-29-19-12-16(13-20(30-2)21(19)31-3)14-24-22(27)17-8-7-11-26(15-17)23(28)25-18-9-5-4-6-10-18/h4-6,9-10,12-13,17H,7-8,11,14-15H2,1-3H3,(H,24,27)(H,25,28)/t17-/m1/s1. The fourth-order valence-electron chi connectivity index (χ4n) is 3.67. The number of nitrogens with one attached hydrogen (secondary N) is 2. The topological polar surface area (TPSA) is 89.1 Å². The fraction of sp³-hybridized carbons (Fsp3) is 0.391. The lowest BCUT2D eigenvalue weighted by molar-refractivity contribution is -0.126. The summed E-state index contributed by atoms with van der Waals surface area (Å²) in [6, 6.07) is 12.7. The summed E-state index contributed by atoms with van der Waals surface area (Å²) in [5.41, 5.74) is 1.57. The Hall–Kier alpha value is -3.42. The van der Waals surface area contributed by atoms with Gasteiger partial charge in [-0.1, -0.05) is 18.2 Å². The Bertz CT molecular complexity index is 878. The minimum atomic E-state index is -0.252. The maximum absolute atomic E-state index is 12.8. The fourth-order valence-corrected chi connectivity index (χ4v) is 3.67. The maximum atomic E-state index is 12.8. The van der Waals surface area contributed by atoms with Crippen LogP contribution in [0.5, 0.6) is 17.2 Å². The number of methoxy groups -OCH3 is 3. The first-order chi connectivity index (χ1) is 15.0. The lowest BCUT2D eigenvalue weighted by Gasteiger charge is -2.32. The van der Waals surface area contributed by atoms with Crippen LogP contribution < -0.4 is 24.8 Å². The summed E-state index contributed by atoms with van der Waals surface area (Å²) in [6.07, 6.45) is 1.53. The van der Waals surface area contributed by atoms with Gasteiger partial charge < -0.3 is 29.7 Å². The summed E-state index contributed by atoms with van der Waals surface area (Å²) in [4.78, 5) is 27.0. The van der Waals surface area contributed by atoms with Crippen LogP contribution in [0.15, 0.2) is 42.5 Å². The van der Waals surface area contributed by atoms with Crippen molar-refractivity contribution in [1.82, 2.24) is 10.2 Å². The molecular weight excluding hydrogens is 398 g/mol. The number of ether oxygens (including phenoxy) is 3. The number of nitrogens with zero attached hydrogens (tertiary/aromatic N) is 1. The average molecular weight is 428 g/mol. The summed E-state index contributed by atoms with van der Waals surface area (Å²) in [6.45, 7) is 1.34. The van der Waals surface area contributed by atoms with E-state index in [1.807, 2.05) is 42.5 Å². The summed E-state index contributed by atoms with van der Waals surface area (Å²) < 4.78 is 16.1. The van der Waals surface area contributed by atoms with E-state index in [1.54, 1.807) is 26.2 Å². The third kappa shape index (κ3) is 5.59. The van der Waals surface area contributed by atoms with E-state index in [1.165, 1.54) is 0 Å². The predicted molar refractivity (Wildman–Crippen MR) is 118 cm³/mol. The Labute approximate surface area is 182 Å². The molecule has 3 rings (SSSR count). The van der Waals surface area contributed by atoms with Gasteiger partial charge in [-0.15, -0.1) is 0 Å². The molecule has 2 N–H and O–H groups in total. The zero-order chi connectivity index (χ0) is 22.2. The molecule has 2 aromatic rings. The number of benzene rings is 2. The molecule has 3 amide bonds. The van der Waals surface area contributed by atoms with Crippen LogP contribution in [0.25, 0.3) is 0 Å². The maximum Gasteiger partial charge on any atom is 0.321 e. The van der Waals surface area contributed by atoms with Crippen molar-refractivity contribution >= 4 is 17.6 Å². The quantitative estimate of drug-likeness (QED) is 0.708. The number of anilines is 1. The molecule has 1 fully saturated rings. The lowest BCUT2D eigenvalue weighted by Crippen LogP contribution is -2.46. The van der Waals surface area contributed by atoms with Crippen molar-refractivity contribution < 1.29 is 23.8 Å². The largest absolute Gasteiger partial charge is 0.493 e. The highest BCUT2D eigenvalue weighted by atomic mass is 16.5. The molecule has 0 spiro atoms. The van der Waals surface area contributed by atoms with Gasteiger partial charge in [0.2, 0.25) is 11.7 Å². The van der Waals surface area contributed by atoms with Crippen LogP contribution in [0.3, 0.4) is 0 Å². The van der Waals surface area contributed by atoms with Crippen LogP contribution in [-0.2, 0) is 11.3 Å². The monoisotopic (exact) mass is 427 g/mol. The number of rotatable bonds is 7. The highest BCUT2D eigenvalue weighted by molar-refractivity contribution is 5.90. The molecule has 0 aliphatic carbocycles. The molecule has 1 atom stereocenters. The average Bonchev–Trinajstić information content (AvgIpc) is 2.82. The van der Waals surface area contributed by atoms with E-state index in [4.69, 9.17) is 14.2 Å². The Morgan fingerprint density at radius 2 is 1.71 bits per heavy atom. The summed E-state index contributed by atoms with van der Waals surface area (Å²) in [7, 11) is 4.65. The first-order valence-electron chi connectivity index (χ1n) is 10.2. The van der Waals surface area contributed by atoms with Gasteiger partial charge in [0.15, 0.2) is 11.5 Å². The Morgan fingerprint density at radius 1 is 1.03 bits per heavy atom. The highest BCUT2D eigenvalue weighted by Gasteiger charge is 2.28. The first-order valence-corrected chi connectivity index (χ1v) is 10.2. The van der Waals surface area contributed by atoms with Crippen molar-refractivity contribution in [3.8, 4) is 17.2 Å². The molecule has 8 nitrogen and oxygen atoms in total. The number of carbonyl (C=O) groups is 2. The van der Waals surface area contributed by atoms with Crippen LogP contribution >= 0.6 is 0 Å². The van der Waals surface area contributed by atoms with Crippen molar-refractivity contribution in [1.29, 1.82) is 0 Å². The van der Waals surface area contributed by atoms with Crippen molar-refractivity contribution in [2.24, 2.45) is 5.92 Å². The van der Waals surface area contributed by atoms with Crippen LogP contribution in [0.2, 0.25) is 0 Å². The van der Waals surface area contributed by atoms with E-state index >= 15 is 0 Å². The third-order valence-electron chi connectivity index (χ3n) is 5.30.